The number of rotatable bonds is 11. The molecule has 0 saturated carbocycles. The van der Waals surface area contributed by atoms with E-state index in [1.165, 1.54) is 16.0 Å². The number of nitrogens with zero attached hydrogens (tertiary/aromatic N) is 6. The summed E-state index contributed by atoms with van der Waals surface area (Å²) in [4.78, 5) is 21.1. The van der Waals surface area contributed by atoms with Gasteiger partial charge < -0.3 is 14.2 Å². The van der Waals surface area contributed by atoms with Crippen LogP contribution in [0.3, 0.4) is 0 Å². The Labute approximate surface area is 230 Å². The van der Waals surface area contributed by atoms with Crippen LogP contribution >= 0.6 is 11.6 Å². The maximum Gasteiger partial charge on any atom is 0.319 e. The van der Waals surface area contributed by atoms with Gasteiger partial charge in [0.05, 0.1) is 35.7 Å². The summed E-state index contributed by atoms with van der Waals surface area (Å²) in [6, 6.07) is 7.88. The lowest BCUT2D eigenvalue weighted by molar-refractivity contribution is -0.143. The first kappa shape index (κ1) is 29.6. The van der Waals surface area contributed by atoms with Gasteiger partial charge in [-0.3, -0.25) is 14.7 Å². The third-order valence-electron chi connectivity index (χ3n) is 6.54. The number of anilines is 2. The average molecular weight is 591 g/mol. The highest BCUT2D eigenvalue weighted by Crippen LogP contribution is 2.35. The summed E-state index contributed by atoms with van der Waals surface area (Å²) < 4.78 is 82.6. The van der Waals surface area contributed by atoms with Crippen LogP contribution < -0.4 is 9.80 Å². The van der Waals surface area contributed by atoms with E-state index in [2.05, 4.69) is 15.2 Å². The van der Waals surface area contributed by atoms with Gasteiger partial charge in [-0.05, 0) is 43.2 Å². The standard InChI is InChI=1S/C25H25ClF6N6O2/c1-36(12-17-4-2-15(11-33-17)22-34-35-23(40-22)21(27)28)20-10-16(26)3-5-19(20)38(14-39)18-6-8-37(9-7-18)13-25(31,32)24(29)30/h2-5,10-11,14,18,21,24H,6-9,12-13H2,1H3. The molecule has 0 spiro atoms. The van der Waals surface area contributed by atoms with E-state index in [4.69, 9.17) is 16.0 Å². The number of benzene rings is 1. The van der Waals surface area contributed by atoms with Gasteiger partial charge in [0, 0.05) is 37.4 Å². The molecule has 0 radical (unpaired) electrons. The Hall–Kier alpha value is -3.39. The predicted molar refractivity (Wildman–Crippen MR) is 135 cm³/mol. The molecule has 3 aromatic rings. The quantitative estimate of drug-likeness (QED) is 0.210. The number of hydrogen-bond acceptors (Lipinski definition) is 7. The van der Waals surface area contributed by atoms with Gasteiger partial charge in [-0.1, -0.05) is 11.6 Å². The van der Waals surface area contributed by atoms with Crippen molar-refractivity contribution in [3.8, 4) is 11.5 Å². The van der Waals surface area contributed by atoms with Gasteiger partial charge in [0.2, 0.25) is 12.3 Å². The monoisotopic (exact) mass is 590 g/mol. The molecule has 1 aliphatic rings. The number of alkyl halides is 6. The van der Waals surface area contributed by atoms with Crippen LogP contribution in [-0.2, 0) is 11.3 Å². The normalized spacial score (nSPS) is 15.2. The summed E-state index contributed by atoms with van der Waals surface area (Å²) in [7, 11) is 1.76. The van der Waals surface area contributed by atoms with Gasteiger partial charge in [-0.2, -0.15) is 17.6 Å². The maximum atomic E-state index is 13.5. The molecule has 4 rings (SSSR count). The molecular weight excluding hydrogens is 566 g/mol. The molecule has 3 heterocycles. The molecule has 15 heteroatoms. The van der Waals surface area contributed by atoms with Crippen molar-refractivity contribution in [2.24, 2.45) is 0 Å². The summed E-state index contributed by atoms with van der Waals surface area (Å²) >= 11 is 6.25. The van der Waals surface area contributed by atoms with Crippen LogP contribution in [0.5, 0.6) is 0 Å². The van der Waals surface area contributed by atoms with Crippen LogP contribution in [-0.4, -0.2) is 71.6 Å². The smallest absolute Gasteiger partial charge is 0.319 e. The second-order valence-electron chi connectivity index (χ2n) is 9.36. The highest BCUT2D eigenvalue weighted by molar-refractivity contribution is 6.31. The largest absolute Gasteiger partial charge is 0.415 e. The Bertz CT molecular complexity index is 1290. The van der Waals surface area contributed by atoms with E-state index >= 15 is 0 Å². The van der Waals surface area contributed by atoms with Crippen LogP contribution in [0.4, 0.5) is 37.7 Å². The molecule has 0 unspecified atom stereocenters. The number of hydrogen-bond donors (Lipinski definition) is 0. The van der Waals surface area contributed by atoms with Crippen LogP contribution in [0.15, 0.2) is 40.9 Å². The highest BCUT2D eigenvalue weighted by atomic mass is 35.5. The molecule has 40 heavy (non-hydrogen) atoms. The first-order valence-electron chi connectivity index (χ1n) is 12.2. The first-order chi connectivity index (χ1) is 19.0. The lowest BCUT2D eigenvalue weighted by Gasteiger charge is -2.39. The summed E-state index contributed by atoms with van der Waals surface area (Å²) in [6.45, 7) is -0.511. The Kier molecular flexibility index (Phi) is 9.19. The fourth-order valence-corrected chi connectivity index (χ4v) is 4.66. The van der Waals surface area contributed by atoms with E-state index in [0.29, 0.717) is 46.9 Å². The zero-order valence-electron chi connectivity index (χ0n) is 21.2. The van der Waals surface area contributed by atoms with Gasteiger partial charge in [0.25, 0.3) is 5.89 Å². The predicted octanol–water partition coefficient (Wildman–Crippen LogP) is 5.69. The van der Waals surface area contributed by atoms with Crippen LogP contribution in [0, 0.1) is 0 Å². The molecule has 216 valence electrons. The van der Waals surface area contributed by atoms with Crippen molar-refractivity contribution in [3.05, 3.63) is 53.1 Å². The Morgan fingerprint density at radius 1 is 1.12 bits per heavy atom. The van der Waals surface area contributed by atoms with E-state index in [1.807, 2.05) is 0 Å². The minimum atomic E-state index is -4.10. The van der Waals surface area contributed by atoms with Gasteiger partial charge in [-0.15, -0.1) is 10.2 Å². The number of carbonyl (C=O) groups is 1. The third kappa shape index (κ3) is 6.84. The number of amides is 1. The van der Waals surface area contributed by atoms with Crippen molar-refractivity contribution >= 4 is 29.4 Å². The summed E-state index contributed by atoms with van der Waals surface area (Å²) in [6.07, 6.45) is -3.94. The molecule has 0 bridgehead atoms. The number of aromatic nitrogens is 3. The molecule has 0 atom stereocenters. The van der Waals surface area contributed by atoms with E-state index in [9.17, 15) is 31.1 Å². The first-order valence-corrected chi connectivity index (χ1v) is 12.6. The molecule has 1 fully saturated rings. The summed E-state index contributed by atoms with van der Waals surface area (Å²) in [5, 5.41) is 7.30. The van der Waals surface area contributed by atoms with Crippen LogP contribution in [0.25, 0.3) is 11.5 Å². The molecule has 1 aliphatic heterocycles. The minimum Gasteiger partial charge on any atom is -0.415 e. The van der Waals surface area contributed by atoms with Gasteiger partial charge >= 0.3 is 18.8 Å². The van der Waals surface area contributed by atoms with Crippen LogP contribution in [0.2, 0.25) is 5.02 Å². The fraction of sp³-hybridized carbons (Fsp3) is 0.440. The van der Waals surface area contributed by atoms with E-state index < -0.39 is 31.2 Å². The average Bonchev–Trinajstić information content (AvgIpc) is 3.42. The van der Waals surface area contributed by atoms with Gasteiger partial charge in [-0.25, -0.2) is 8.78 Å². The molecule has 2 aromatic heterocycles. The number of halogens is 7. The zero-order valence-corrected chi connectivity index (χ0v) is 21.9. The third-order valence-corrected chi connectivity index (χ3v) is 6.78. The highest BCUT2D eigenvalue weighted by Gasteiger charge is 2.43. The lowest BCUT2D eigenvalue weighted by atomic mass is 10.0. The molecule has 1 saturated heterocycles. The Balaban J connectivity index is 1.46. The van der Waals surface area contributed by atoms with E-state index in [0.717, 1.165) is 0 Å². The fourth-order valence-electron chi connectivity index (χ4n) is 4.50. The number of pyridine rings is 1. The molecule has 8 nitrogen and oxygen atoms in total. The summed E-state index contributed by atoms with van der Waals surface area (Å²) in [5.74, 6) is -4.98. The van der Waals surface area contributed by atoms with Crippen LogP contribution in [0.1, 0.15) is 30.9 Å². The van der Waals surface area contributed by atoms with Crippen molar-refractivity contribution in [2.75, 3.05) is 36.5 Å². The van der Waals surface area contributed by atoms with Crippen molar-refractivity contribution in [3.63, 3.8) is 0 Å². The molecule has 0 N–H and O–H groups in total. The Morgan fingerprint density at radius 3 is 2.42 bits per heavy atom. The maximum absolute atomic E-state index is 13.5. The topological polar surface area (TPSA) is 78.6 Å². The second kappa shape index (κ2) is 12.4. The Morgan fingerprint density at radius 2 is 1.85 bits per heavy atom. The minimum absolute atomic E-state index is 0.0922. The van der Waals surface area contributed by atoms with Crippen molar-refractivity contribution in [2.45, 2.75) is 44.2 Å². The molecule has 0 aliphatic carbocycles. The summed E-state index contributed by atoms with van der Waals surface area (Å²) in [5.41, 5.74) is 2.08. The number of likely N-dealkylation sites (tertiary alicyclic amines) is 1. The number of carbonyl (C=O) groups excluding carboxylic acids is 1. The van der Waals surface area contributed by atoms with Gasteiger partial charge in [0.1, 0.15) is 0 Å². The van der Waals surface area contributed by atoms with Crippen molar-refractivity contribution in [1.29, 1.82) is 0 Å². The SMILES string of the molecule is CN(Cc1ccc(-c2nnc(C(F)F)o2)cn1)c1cc(Cl)ccc1N(C=O)C1CCN(CC(F)(F)C(F)F)CC1. The van der Waals surface area contributed by atoms with Crippen molar-refractivity contribution < 1.29 is 35.6 Å². The van der Waals surface area contributed by atoms with Gasteiger partial charge in [0.15, 0.2) is 0 Å². The molecule has 1 amide bonds. The molecule has 1 aromatic carbocycles. The molecular formula is C25H25ClF6N6O2. The number of piperidine rings is 1. The second-order valence-corrected chi connectivity index (χ2v) is 9.79. The van der Waals surface area contributed by atoms with E-state index in [1.54, 1.807) is 42.3 Å². The lowest BCUT2D eigenvalue weighted by Crippen LogP contribution is -2.49. The van der Waals surface area contributed by atoms with Crippen molar-refractivity contribution in [1.82, 2.24) is 20.1 Å². The zero-order chi connectivity index (χ0) is 29.0. The van der Waals surface area contributed by atoms with E-state index in [-0.39, 0.29) is 31.6 Å².